The van der Waals surface area contributed by atoms with E-state index in [0.717, 1.165) is 11.3 Å². The average molecular weight is 304 g/mol. The minimum Gasteiger partial charge on any atom is -0.443 e. The Bertz CT molecular complexity index is 634. The molecule has 2 heterocycles. The first kappa shape index (κ1) is 16.1. The number of nitrogens with one attached hydrogen (secondary N) is 2. The van der Waals surface area contributed by atoms with Gasteiger partial charge in [0.1, 0.15) is 5.76 Å². The van der Waals surface area contributed by atoms with Crippen molar-refractivity contribution in [3.63, 3.8) is 0 Å². The van der Waals surface area contributed by atoms with E-state index in [-0.39, 0.29) is 5.41 Å². The summed E-state index contributed by atoms with van der Waals surface area (Å²) in [5, 5.41) is 10.5. The third-order valence-corrected chi connectivity index (χ3v) is 3.14. The van der Waals surface area contributed by atoms with Crippen LogP contribution in [0.5, 0.6) is 0 Å². The topological polar surface area (TPSA) is 80.3 Å². The second-order valence-corrected chi connectivity index (χ2v) is 6.17. The molecule has 0 bridgehead atoms. The Morgan fingerprint density at radius 2 is 2.00 bits per heavy atom. The van der Waals surface area contributed by atoms with Crippen LogP contribution < -0.4 is 10.6 Å². The highest BCUT2D eigenvalue weighted by molar-refractivity contribution is 5.79. The maximum Gasteiger partial charge on any atom is 0.213 e. The van der Waals surface area contributed by atoms with Gasteiger partial charge in [-0.2, -0.15) is 5.10 Å². The van der Waals surface area contributed by atoms with Crippen LogP contribution in [0.1, 0.15) is 38.0 Å². The highest BCUT2D eigenvalue weighted by Crippen LogP contribution is 2.22. The Kier molecular flexibility index (Phi) is 4.85. The van der Waals surface area contributed by atoms with Crippen molar-refractivity contribution in [2.75, 3.05) is 7.05 Å². The number of hydrogen-bond donors (Lipinski definition) is 2. The van der Waals surface area contributed by atoms with Crippen molar-refractivity contribution >= 4 is 5.96 Å². The number of nitrogens with zero attached hydrogens (tertiary/aromatic N) is 4. The standard InChI is InChI=1S/C15H24N6O/c1-15(2,3)12-8-17-13(22-12)9-19-14(16-4)18-6-11-7-20-21(5)10-11/h7-8,10H,6,9H2,1-5H3,(H2,16,18,19). The van der Waals surface area contributed by atoms with Gasteiger partial charge in [0, 0.05) is 37.8 Å². The fourth-order valence-electron chi connectivity index (χ4n) is 1.87. The van der Waals surface area contributed by atoms with Crippen LogP contribution in [0.3, 0.4) is 0 Å². The Morgan fingerprint density at radius 1 is 1.27 bits per heavy atom. The fraction of sp³-hybridized carbons (Fsp3) is 0.533. The van der Waals surface area contributed by atoms with Gasteiger partial charge in [0.05, 0.1) is 18.9 Å². The first-order valence-electron chi connectivity index (χ1n) is 7.25. The predicted octanol–water partition coefficient (Wildman–Crippen LogP) is 1.57. The van der Waals surface area contributed by atoms with E-state index in [1.54, 1.807) is 17.9 Å². The summed E-state index contributed by atoms with van der Waals surface area (Å²) in [6.07, 6.45) is 5.57. The van der Waals surface area contributed by atoms with Crippen LogP contribution >= 0.6 is 0 Å². The van der Waals surface area contributed by atoms with Crippen LogP contribution in [0.2, 0.25) is 0 Å². The summed E-state index contributed by atoms with van der Waals surface area (Å²) in [5.41, 5.74) is 1.06. The summed E-state index contributed by atoms with van der Waals surface area (Å²) < 4.78 is 7.51. The third kappa shape index (κ3) is 4.34. The van der Waals surface area contributed by atoms with Crippen LogP contribution in [0.25, 0.3) is 0 Å². The molecule has 0 fully saturated rings. The van der Waals surface area contributed by atoms with Crippen LogP contribution in [-0.2, 0) is 25.6 Å². The zero-order valence-corrected chi connectivity index (χ0v) is 13.8. The Hall–Kier alpha value is -2.31. The number of hydrogen-bond acceptors (Lipinski definition) is 4. The van der Waals surface area contributed by atoms with Crippen molar-refractivity contribution in [3.8, 4) is 0 Å². The van der Waals surface area contributed by atoms with Crippen LogP contribution in [0, 0.1) is 0 Å². The van der Waals surface area contributed by atoms with Gasteiger partial charge in [0.15, 0.2) is 5.96 Å². The molecule has 0 spiro atoms. The van der Waals surface area contributed by atoms with Gasteiger partial charge in [0.25, 0.3) is 0 Å². The van der Waals surface area contributed by atoms with Crippen molar-refractivity contribution in [2.45, 2.75) is 39.3 Å². The first-order chi connectivity index (χ1) is 10.4. The molecule has 0 unspecified atom stereocenters. The molecule has 7 heteroatoms. The van der Waals surface area contributed by atoms with Crippen LogP contribution in [-0.4, -0.2) is 27.8 Å². The van der Waals surface area contributed by atoms with E-state index in [2.05, 4.69) is 46.5 Å². The number of aryl methyl sites for hydroxylation is 1. The third-order valence-electron chi connectivity index (χ3n) is 3.14. The number of aromatic nitrogens is 3. The van der Waals surface area contributed by atoms with Gasteiger partial charge in [-0.15, -0.1) is 0 Å². The lowest BCUT2D eigenvalue weighted by Gasteiger charge is -2.13. The maximum absolute atomic E-state index is 5.74. The van der Waals surface area contributed by atoms with Crippen molar-refractivity contribution in [1.82, 2.24) is 25.4 Å². The number of oxazole rings is 1. The normalized spacial score (nSPS) is 12.5. The van der Waals surface area contributed by atoms with Gasteiger partial charge >= 0.3 is 0 Å². The molecule has 0 aromatic carbocycles. The lowest BCUT2D eigenvalue weighted by Crippen LogP contribution is -2.36. The molecule has 7 nitrogen and oxygen atoms in total. The molecule has 22 heavy (non-hydrogen) atoms. The number of rotatable bonds is 4. The quantitative estimate of drug-likeness (QED) is 0.662. The molecular weight excluding hydrogens is 280 g/mol. The van der Waals surface area contributed by atoms with Crippen molar-refractivity contribution < 1.29 is 4.42 Å². The molecule has 0 atom stereocenters. The minimum atomic E-state index is -0.0362. The molecule has 2 aromatic rings. The van der Waals surface area contributed by atoms with Gasteiger partial charge in [0.2, 0.25) is 5.89 Å². The molecule has 120 valence electrons. The number of aliphatic imine (C=N–C) groups is 1. The molecule has 0 aliphatic carbocycles. The van der Waals surface area contributed by atoms with Crippen molar-refractivity contribution in [1.29, 1.82) is 0 Å². The van der Waals surface area contributed by atoms with Gasteiger partial charge in [-0.25, -0.2) is 4.98 Å². The van der Waals surface area contributed by atoms with Gasteiger partial charge in [-0.05, 0) is 0 Å². The minimum absolute atomic E-state index is 0.0362. The highest BCUT2D eigenvalue weighted by Gasteiger charge is 2.19. The summed E-state index contributed by atoms with van der Waals surface area (Å²) in [7, 11) is 3.63. The van der Waals surface area contributed by atoms with Gasteiger partial charge in [-0.1, -0.05) is 20.8 Å². The van der Waals surface area contributed by atoms with Crippen molar-refractivity contribution in [3.05, 3.63) is 35.8 Å². The zero-order chi connectivity index (χ0) is 16.2. The van der Waals surface area contributed by atoms with Gasteiger partial charge in [-0.3, -0.25) is 9.67 Å². The fourth-order valence-corrected chi connectivity index (χ4v) is 1.87. The highest BCUT2D eigenvalue weighted by atomic mass is 16.4. The summed E-state index contributed by atoms with van der Waals surface area (Å²) in [6.45, 7) is 7.44. The molecule has 0 aliphatic heterocycles. The largest absolute Gasteiger partial charge is 0.443 e. The van der Waals surface area contributed by atoms with E-state index >= 15 is 0 Å². The van der Waals surface area contributed by atoms with E-state index in [1.165, 1.54) is 0 Å². The first-order valence-corrected chi connectivity index (χ1v) is 7.25. The Balaban J connectivity index is 1.85. The monoisotopic (exact) mass is 304 g/mol. The molecule has 2 aromatic heterocycles. The molecular formula is C15H24N6O. The van der Waals surface area contributed by atoms with E-state index in [4.69, 9.17) is 4.42 Å². The van der Waals surface area contributed by atoms with Crippen LogP contribution in [0.4, 0.5) is 0 Å². The van der Waals surface area contributed by atoms with Crippen molar-refractivity contribution in [2.24, 2.45) is 12.0 Å². The van der Waals surface area contributed by atoms with Gasteiger partial charge < -0.3 is 15.1 Å². The molecule has 0 radical (unpaired) electrons. The molecule has 2 rings (SSSR count). The van der Waals surface area contributed by atoms with E-state index in [0.29, 0.717) is 24.9 Å². The summed E-state index contributed by atoms with van der Waals surface area (Å²) in [5.74, 6) is 2.22. The lowest BCUT2D eigenvalue weighted by atomic mass is 9.94. The van der Waals surface area contributed by atoms with E-state index in [1.807, 2.05) is 19.4 Å². The second kappa shape index (κ2) is 6.64. The summed E-state index contributed by atoms with van der Waals surface area (Å²) in [6, 6.07) is 0. The average Bonchev–Trinajstić information content (AvgIpc) is 3.07. The van der Waals surface area contributed by atoms with E-state index < -0.39 is 0 Å². The second-order valence-electron chi connectivity index (χ2n) is 6.17. The summed E-state index contributed by atoms with van der Waals surface area (Å²) in [4.78, 5) is 8.46. The van der Waals surface area contributed by atoms with Crippen LogP contribution in [0.15, 0.2) is 28.0 Å². The molecule has 0 aliphatic rings. The maximum atomic E-state index is 5.74. The predicted molar refractivity (Wildman–Crippen MR) is 85.4 cm³/mol. The zero-order valence-electron chi connectivity index (χ0n) is 13.8. The molecule has 0 saturated heterocycles. The Morgan fingerprint density at radius 3 is 2.55 bits per heavy atom. The lowest BCUT2D eigenvalue weighted by molar-refractivity contribution is 0.379. The number of guanidine groups is 1. The molecule has 0 saturated carbocycles. The molecule has 2 N–H and O–H groups in total. The Labute approximate surface area is 130 Å². The SMILES string of the molecule is CN=C(NCc1cnn(C)c1)NCc1ncc(C(C)(C)C)o1. The summed E-state index contributed by atoms with van der Waals surface area (Å²) >= 11 is 0. The van der Waals surface area contributed by atoms with E-state index in [9.17, 15) is 0 Å². The smallest absolute Gasteiger partial charge is 0.213 e. The molecule has 0 amide bonds.